The first kappa shape index (κ1) is 16.8. The number of fused-ring (bicyclic) bond motifs is 2. The number of ketones is 1. The molecule has 1 atom stereocenters. The average molecular weight is 374 g/mol. The van der Waals surface area contributed by atoms with E-state index in [-0.39, 0.29) is 23.5 Å². The van der Waals surface area contributed by atoms with Crippen molar-refractivity contribution in [3.63, 3.8) is 0 Å². The summed E-state index contributed by atoms with van der Waals surface area (Å²) >= 11 is 0. The van der Waals surface area contributed by atoms with Gasteiger partial charge in [-0.15, -0.1) is 0 Å². The van der Waals surface area contributed by atoms with Gasteiger partial charge in [0.1, 0.15) is 18.1 Å². The highest BCUT2D eigenvalue weighted by Gasteiger charge is 2.40. The predicted molar refractivity (Wildman–Crippen MR) is 98.8 cm³/mol. The van der Waals surface area contributed by atoms with Gasteiger partial charge in [-0.3, -0.25) is 14.3 Å². The van der Waals surface area contributed by atoms with Crippen molar-refractivity contribution in [2.45, 2.75) is 26.3 Å². The summed E-state index contributed by atoms with van der Waals surface area (Å²) in [5, 5.41) is 13.5. The molecule has 1 unspecified atom stereocenters. The summed E-state index contributed by atoms with van der Waals surface area (Å²) in [6.45, 7) is 4.81. The van der Waals surface area contributed by atoms with E-state index in [1.54, 1.807) is 15.8 Å². The molecule has 0 saturated carbocycles. The number of Topliss-reactive ketones (excluding diaryl/α,β-unsaturated/α-hetero) is 1. The van der Waals surface area contributed by atoms with Crippen molar-refractivity contribution in [3.8, 4) is 17.3 Å². The fourth-order valence-corrected chi connectivity index (χ4v) is 4.20. The van der Waals surface area contributed by atoms with Crippen LogP contribution in [0.5, 0.6) is 0 Å². The van der Waals surface area contributed by atoms with Crippen molar-refractivity contribution >= 4 is 17.3 Å². The van der Waals surface area contributed by atoms with E-state index in [1.165, 1.54) is 6.33 Å². The lowest BCUT2D eigenvalue weighted by atomic mass is 9.90. The van der Waals surface area contributed by atoms with E-state index in [0.717, 1.165) is 11.3 Å². The lowest BCUT2D eigenvalue weighted by Gasteiger charge is -2.38. The maximum atomic E-state index is 13.0. The van der Waals surface area contributed by atoms with E-state index in [9.17, 15) is 9.59 Å². The molecule has 28 heavy (non-hydrogen) atoms. The van der Waals surface area contributed by atoms with Crippen LogP contribution in [0.1, 0.15) is 41.6 Å². The zero-order valence-corrected chi connectivity index (χ0v) is 15.6. The molecule has 0 N–H and O–H groups in total. The number of nitriles is 1. The van der Waals surface area contributed by atoms with Crippen molar-refractivity contribution in [1.82, 2.24) is 24.6 Å². The molecule has 8 nitrogen and oxygen atoms in total. The Morgan fingerprint density at radius 3 is 2.79 bits per heavy atom. The monoisotopic (exact) mass is 374 g/mol. The lowest BCUT2D eigenvalue weighted by molar-refractivity contribution is -0.141. The second kappa shape index (κ2) is 5.83. The van der Waals surface area contributed by atoms with Crippen LogP contribution < -0.4 is 0 Å². The Labute approximate surface area is 161 Å². The zero-order valence-electron chi connectivity index (χ0n) is 15.6. The predicted octanol–water partition coefficient (Wildman–Crippen LogP) is 1.65. The van der Waals surface area contributed by atoms with Gasteiger partial charge in [0.05, 0.1) is 28.9 Å². The van der Waals surface area contributed by atoms with Gasteiger partial charge in [-0.1, -0.05) is 19.9 Å². The number of hydrogen-bond donors (Lipinski definition) is 0. The number of hydrogen-bond acceptors (Lipinski definition) is 6. The van der Waals surface area contributed by atoms with Crippen LogP contribution in [0.2, 0.25) is 0 Å². The Bertz CT molecular complexity index is 1100. The molecule has 2 aromatic heterocycles. The molecule has 5 rings (SSSR count). The van der Waals surface area contributed by atoms with E-state index in [2.05, 4.69) is 21.1 Å². The Morgan fingerprint density at radius 2 is 2.07 bits per heavy atom. The Kier molecular flexibility index (Phi) is 3.50. The Balaban J connectivity index is 1.57. The largest absolute Gasteiger partial charge is 0.338 e. The fraction of sp³-hybridized carbons (Fsp3) is 0.400. The van der Waals surface area contributed by atoms with Crippen LogP contribution in [0, 0.1) is 23.2 Å². The maximum absolute atomic E-state index is 13.0. The molecule has 1 saturated heterocycles. The number of carbonyl (C=O) groups is 2. The molecule has 1 aliphatic heterocycles. The highest BCUT2D eigenvalue weighted by atomic mass is 16.2. The topological polar surface area (TPSA) is 105 Å². The van der Waals surface area contributed by atoms with Crippen molar-refractivity contribution < 1.29 is 9.59 Å². The third kappa shape index (κ3) is 2.19. The summed E-state index contributed by atoms with van der Waals surface area (Å²) in [7, 11) is 0. The summed E-state index contributed by atoms with van der Waals surface area (Å²) in [5.41, 5.74) is 3.95. The zero-order chi connectivity index (χ0) is 19.6. The van der Waals surface area contributed by atoms with E-state index in [0.29, 0.717) is 42.0 Å². The van der Waals surface area contributed by atoms with Crippen LogP contribution in [-0.4, -0.2) is 49.4 Å². The lowest BCUT2D eigenvalue weighted by Crippen LogP contribution is -2.52. The van der Waals surface area contributed by atoms with Crippen LogP contribution in [0.4, 0.5) is 0 Å². The van der Waals surface area contributed by atoms with Gasteiger partial charge in [-0.2, -0.15) is 10.4 Å². The number of nitrogens with zero attached hydrogens (tertiary/aromatic N) is 6. The smallest absolute Gasteiger partial charge is 0.247 e. The van der Waals surface area contributed by atoms with Crippen LogP contribution in [0.15, 0.2) is 18.6 Å². The first-order valence-corrected chi connectivity index (χ1v) is 9.36. The van der Waals surface area contributed by atoms with E-state index in [1.807, 2.05) is 19.9 Å². The molecule has 1 amide bonds. The van der Waals surface area contributed by atoms with E-state index < -0.39 is 6.04 Å². The Hall–Kier alpha value is -3.34. The summed E-state index contributed by atoms with van der Waals surface area (Å²) in [4.78, 5) is 36.4. The van der Waals surface area contributed by atoms with Crippen LogP contribution >= 0.6 is 0 Å². The van der Waals surface area contributed by atoms with Crippen molar-refractivity contribution in [2.24, 2.45) is 11.8 Å². The van der Waals surface area contributed by atoms with Crippen LogP contribution in [0.3, 0.4) is 0 Å². The van der Waals surface area contributed by atoms with Crippen LogP contribution in [-0.2, 0) is 11.2 Å². The van der Waals surface area contributed by atoms with Gasteiger partial charge in [-0.05, 0) is 5.92 Å². The molecule has 0 radical (unpaired) electrons. The molecular weight excluding hydrogens is 356 g/mol. The molecule has 0 aromatic carbocycles. The number of rotatable bonds is 3. The summed E-state index contributed by atoms with van der Waals surface area (Å²) in [5.74, 6) is -0.330. The molecular formula is C20H18N6O2. The molecule has 140 valence electrons. The highest BCUT2D eigenvalue weighted by molar-refractivity contribution is 6.34. The number of likely N-dealkylation sites (tertiary alicyclic amines) is 1. The average Bonchev–Trinajstić information content (AvgIpc) is 3.24. The second-order valence-corrected chi connectivity index (χ2v) is 7.82. The van der Waals surface area contributed by atoms with Crippen molar-refractivity contribution in [1.29, 1.82) is 5.26 Å². The minimum absolute atomic E-state index is 0.0200. The van der Waals surface area contributed by atoms with Crippen LogP contribution in [0.25, 0.3) is 16.8 Å². The standard InChI is InChI=1S/C20H18N6O2/c1-10(2)18(20(28)25-6-11(5-21)7-25)26-8-13-16-15-12(19(27)17(13)24-26)3-4-14(15)22-9-23-16/h3,8-11,18H,4,6-7H2,1-2H3. The van der Waals surface area contributed by atoms with Crippen molar-refractivity contribution in [3.05, 3.63) is 35.6 Å². The van der Waals surface area contributed by atoms with E-state index in [4.69, 9.17) is 5.26 Å². The molecule has 3 heterocycles. The molecule has 3 aliphatic rings. The third-order valence-electron chi connectivity index (χ3n) is 5.69. The molecule has 2 aromatic rings. The van der Waals surface area contributed by atoms with Gasteiger partial charge < -0.3 is 4.90 Å². The summed E-state index contributed by atoms with van der Waals surface area (Å²) < 4.78 is 1.60. The van der Waals surface area contributed by atoms with Gasteiger partial charge in [-0.25, -0.2) is 9.97 Å². The van der Waals surface area contributed by atoms with Crippen molar-refractivity contribution in [2.75, 3.05) is 13.1 Å². The summed E-state index contributed by atoms with van der Waals surface area (Å²) in [6, 6.07) is 1.66. The molecule has 0 spiro atoms. The Morgan fingerprint density at radius 1 is 1.29 bits per heavy atom. The second-order valence-electron chi connectivity index (χ2n) is 7.82. The number of aromatic nitrogens is 4. The van der Waals surface area contributed by atoms with Gasteiger partial charge in [0, 0.05) is 36.8 Å². The number of amides is 1. The molecule has 2 aliphatic carbocycles. The minimum atomic E-state index is -0.529. The minimum Gasteiger partial charge on any atom is -0.338 e. The number of carbonyl (C=O) groups excluding carboxylic acids is 2. The number of allylic oxidation sites excluding steroid dienone is 2. The molecule has 1 fully saturated rings. The fourth-order valence-electron chi connectivity index (χ4n) is 4.20. The normalized spacial score (nSPS) is 18.3. The quantitative estimate of drug-likeness (QED) is 0.809. The third-order valence-corrected chi connectivity index (χ3v) is 5.69. The van der Waals surface area contributed by atoms with Gasteiger partial charge in [0.25, 0.3) is 0 Å². The van der Waals surface area contributed by atoms with E-state index >= 15 is 0 Å². The molecule has 0 bridgehead atoms. The van der Waals surface area contributed by atoms with Gasteiger partial charge in [0.2, 0.25) is 11.7 Å². The van der Waals surface area contributed by atoms with Gasteiger partial charge in [0.15, 0.2) is 0 Å². The highest BCUT2D eigenvalue weighted by Crippen LogP contribution is 2.42. The first-order valence-electron chi connectivity index (χ1n) is 9.36. The maximum Gasteiger partial charge on any atom is 0.247 e. The molecule has 8 heteroatoms. The first-order chi connectivity index (χ1) is 13.5. The van der Waals surface area contributed by atoms with Gasteiger partial charge >= 0.3 is 0 Å². The SMILES string of the molecule is CC(C)C(C(=O)N1CC(C#N)C1)n1cc2c(n1)C(=O)C1=CCc3ncnc-2c31. The summed E-state index contributed by atoms with van der Waals surface area (Å²) in [6.07, 6.45) is 5.77.